The highest BCUT2D eigenvalue weighted by atomic mass is 15.7. The second-order valence-electron chi connectivity index (χ2n) is 7.67. The van der Waals surface area contributed by atoms with Gasteiger partial charge in [0.15, 0.2) is 11.6 Å². The monoisotopic (exact) mass is 402 g/mol. The van der Waals surface area contributed by atoms with Crippen LogP contribution in [0.4, 0.5) is 11.6 Å². The van der Waals surface area contributed by atoms with E-state index in [1.165, 1.54) is 0 Å². The van der Waals surface area contributed by atoms with Crippen LogP contribution in [0.2, 0.25) is 0 Å². The van der Waals surface area contributed by atoms with E-state index >= 15 is 0 Å². The Hall–Kier alpha value is -3.50. The van der Waals surface area contributed by atoms with E-state index in [-0.39, 0.29) is 0 Å². The van der Waals surface area contributed by atoms with Crippen LogP contribution in [0, 0.1) is 0 Å². The summed E-state index contributed by atoms with van der Waals surface area (Å²) in [7, 11) is 0. The lowest BCUT2D eigenvalue weighted by Crippen LogP contribution is -2.35. The predicted molar refractivity (Wildman–Crippen MR) is 113 cm³/mol. The number of hydrogen-bond acceptors (Lipinski definition) is 8. The number of hydrazine groups is 2. The van der Waals surface area contributed by atoms with Gasteiger partial charge in [0.05, 0.1) is 30.7 Å². The Morgan fingerprint density at radius 2 is 2.00 bits per heavy atom. The van der Waals surface area contributed by atoms with Gasteiger partial charge < -0.3 is 9.72 Å². The van der Waals surface area contributed by atoms with Gasteiger partial charge in [-0.25, -0.2) is 15.0 Å². The Morgan fingerprint density at radius 1 is 1.07 bits per heavy atom. The Balaban J connectivity index is 1.26. The lowest BCUT2D eigenvalue weighted by molar-refractivity contribution is 0.343. The van der Waals surface area contributed by atoms with E-state index in [1.54, 1.807) is 12.4 Å². The van der Waals surface area contributed by atoms with Crippen LogP contribution in [0.15, 0.2) is 49.3 Å². The van der Waals surface area contributed by atoms with Crippen LogP contribution >= 0.6 is 0 Å². The second-order valence-corrected chi connectivity index (χ2v) is 7.67. The highest BCUT2D eigenvalue weighted by molar-refractivity contribution is 5.69. The first-order chi connectivity index (χ1) is 14.8. The Labute approximate surface area is 172 Å². The highest BCUT2D eigenvalue weighted by Gasteiger charge is 2.23. The third-order valence-corrected chi connectivity index (χ3v) is 5.69. The summed E-state index contributed by atoms with van der Waals surface area (Å²) in [6, 6.07) is 4.53. The van der Waals surface area contributed by atoms with E-state index in [0.29, 0.717) is 18.4 Å². The van der Waals surface area contributed by atoms with Crippen LogP contribution in [0.25, 0.3) is 16.9 Å². The average Bonchev–Trinajstić information content (AvgIpc) is 3.54. The third-order valence-electron chi connectivity index (χ3n) is 5.69. The molecule has 1 saturated heterocycles. The first-order valence-electron chi connectivity index (χ1n) is 10.2. The van der Waals surface area contributed by atoms with Crippen molar-refractivity contribution in [3.05, 3.63) is 54.9 Å². The van der Waals surface area contributed by atoms with Crippen molar-refractivity contribution in [2.75, 3.05) is 23.5 Å². The fourth-order valence-electron chi connectivity index (χ4n) is 4.07. The maximum atomic E-state index is 4.87. The summed E-state index contributed by atoms with van der Waals surface area (Å²) in [6.07, 6.45) is 13.8. The molecule has 6 heterocycles. The van der Waals surface area contributed by atoms with Gasteiger partial charge in [0, 0.05) is 30.4 Å². The summed E-state index contributed by atoms with van der Waals surface area (Å²) in [4.78, 5) is 13.7. The van der Waals surface area contributed by atoms with E-state index in [2.05, 4.69) is 54.5 Å². The van der Waals surface area contributed by atoms with Gasteiger partial charge in [0.25, 0.3) is 0 Å². The number of hydrogen-bond donors (Lipinski definition) is 3. The van der Waals surface area contributed by atoms with Gasteiger partial charge in [0.1, 0.15) is 5.65 Å². The molecule has 0 atom stereocenters. The van der Waals surface area contributed by atoms with Gasteiger partial charge in [0.2, 0.25) is 0 Å². The fourth-order valence-corrected chi connectivity index (χ4v) is 4.07. The number of anilines is 2. The predicted octanol–water partition coefficient (Wildman–Crippen LogP) is 1.76. The van der Waals surface area contributed by atoms with E-state index in [0.717, 1.165) is 54.2 Å². The van der Waals surface area contributed by atoms with E-state index < -0.39 is 0 Å². The van der Waals surface area contributed by atoms with Crippen LogP contribution in [0.5, 0.6) is 0 Å². The molecule has 2 aliphatic heterocycles. The Bertz CT molecular complexity index is 1190. The van der Waals surface area contributed by atoms with Gasteiger partial charge in [-0.15, -0.1) is 5.53 Å². The second kappa shape index (κ2) is 7.08. The van der Waals surface area contributed by atoms with E-state index in [1.807, 2.05) is 27.9 Å². The standard InChI is InChI=1S/C20H22N10/c1-2-18-22-7-8-28(18)11-14(1)12-30-20-19(26-27-30)23-10-17(25-20)15-9-24-29(13-15)16-3-5-21-6-4-16/h1-2,7-11,13,16,21,27H,3-6,12H2,(H,23,26). The van der Waals surface area contributed by atoms with Crippen molar-refractivity contribution in [3.63, 3.8) is 0 Å². The number of fused-ring (bicyclic) bond motifs is 2. The minimum Gasteiger partial charge on any atom is -0.317 e. The van der Waals surface area contributed by atoms with Crippen molar-refractivity contribution in [1.29, 1.82) is 0 Å². The molecule has 1 fully saturated rings. The molecular formula is C20H22N10. The maximum absolute atomic E-state index is 4.87. The summed E-state index contributed by atoms with van der Waals surface area (Å²) in [5.41, 5.74) is 10.1. The molecule has 0 amide bonds. The molecule has 30 heavy (non-hydrogen) atoms. The van der Waals surface area contributed by atoms with Crippen LogP contribution in [0.1, 0.15) is 24.4 Å². The van der Waals surface area contributed by atoms with Gasteiger partial charge in [-0.1, -0.05) is 6.07 Å². The minimum absolute atomic E-state index is 0.445. The molecule has 0 saturated carbocycles. The summed E-state index contributed by atoms with van der Waals surface area (Å²) in [5, 5.41) is 9.94. The number of imidazole rings is 1. The van der Waals surface area contributed by atoms with Crippen molar-refractivity contribution in [2.24, 2.45) is 0 Å². The van der Waals surface area contributed by atoms with Gasteiger partial charge in [-0.05, 0) is 37.6 Å². The first-order valence-corrected chi connectivity index (χ1v) is 10.2. The summed E-state index contributed by atoms with van der Waals surface area (Å²) in [6.45, 7) is 2.71. The number of aromatic nitrogens is 6. The lowest BCUT2D eigenvalue weighted by Gasteiger charge is -2.22. The van der Waals surface area contributed by atoms with Gasteiger partial charge in [-0.2, -0.15) is 5.10 Å². The van der Waals surface area contributed by atoms with Crippen molar-refractivity contribution < 1.29 is 0 Å². The number of rotatable bonds is 4. The number of nitrogens with zero attached hydrogens (tertiary/aromatic N) is 7. The average molecular weight is 402 g/mol. The molecule has 4 aromatic heterocycles. The molecule has 0 bridgehead atoms. The Kier molecular flexibility index (Phi) is 4.10. The van der Waals surface area contributed by atoms with Crippen LogP contribution in [-0.4, -0.2) is 42.2 Å². The molecule has 10 heteroatoms. The first kappa shape index (κ1) is 17.4. The smallest absolute Gasteiger partial charge is 0.190 e. The molecule has 152 valence electrons. The molecule has 4 aromatic rings. The van der Waals surface area contributed by atoms with E-state index in [4.69, 9.17) is 4.98 Å². The highest BCUT2D eigenvalue weighted by Crippen LogP contribution is 2.29. The summed E-state index contributed by atoms with van der Waals surface area (Å²) >= 11 is 0. The molecule has 3 N–H and O–H groups in total. The Morgan fingerprint density at radius 3 is 2.93 bits per heavy atom. The summed E-state index contributed by atoms with van der Waals surface area (Å²) < 4.78 is 4.08. The number of pyridine rings is 1. The molecule has 0 aliphatic carbocycles. The largest absolute Gasteiger partial charge is 0.317 e. The number of piperidine rings is 1. The van der Waals surface area contributed by atoms with Crippen LogP contribution in [-0.2, 0) is 6.54 Å². The fraction of sp³-hybridized carbons (Fsp3) is 0.300. The third kappa shape index (κ3) is 3.06. The minimum atomic E-state index is 0.445. The normalized spacial score (nSPS) is 16.7. The summed E-state index contributed by atoms with van der Waals surface area (Å²) in [5.74, 6) is 1.49. The molecule has 0 unspecified atom stereocenters. The van der Waals surface area contributed by atoms with Crippen LogP contribution in [0.3, 0.4) is 0 Å². The maximum Gasteiger partial charge on any atom is 0.190 e. The molecule has 0 spiro atoms. The zero-order chi connectivity index (χ0) is 19.9. The van der Waals surface area contributed by atoms with Crippen molar-refractivity contribution in [3.8, 4) is 11.3 Å². The molecule has 2 aliphatic rings. The zero-order valence-corrected chi connectivity index (χ0v) is 16.4. The van der Waals surface area contributed by atoms with Crippen LogP contribution < -0.4 is 21.3 Å². The molecular weight excluding hydrogens is 380 g/mol. The zero-order valence-electron chi connectivity index (χ0n) is 16.4. The molecule has 0 aromatic carbocycles. The lowest BCUT2D eigenvalue weighted by atomic mass is 10.1. The quantitative estimate of drug-likeness (QED) is 0.475. The van der Waals surface area contributed by atoms with E-state index in [9.17, 15) is 0 Å². The van der Waals surface area contributed by atoms with Crippen molar-refractivity contribution in [2.45, 2.75) is 25.4 Å². The molecule has 10 nitrogen and oxygen atoms in total. The van der Waals surface area contributed by atoms with Gasteiger partial charge in [-0.3, -0.25) is 15.1 Å². The molecule has 6 rings (SSSR count). The van der Waals surface area contributed by atoms with Crippen molar-refractivity contribution >= 4 is 17.3 Å². The van der Waals surface area contributed by atoms with Gasteiger partial charge >= 0.3 is 0 Å². The van der Waals surface area contributed by atoms with Crippen molar-refractivity contribution in [1.82, 2.24) is 40.0 Å². The SMILES string of the molecule is c1cn2cc(CN3NNc4ncc(-c5cnn(C6CCNCC6)c5)nc43)ccc2n1. The topological polar surface area (TPSA) is 100 Å². The molecule has 0 radical (unpaired) electrons. The number of nitrogens with one attached hydrogen (secondary N) is 3.